The van der Waals surface area contributed by atoms with Crippen LogP contribution in [0.4, 0.5) is 26.3 Å². The van der Waals surface area contributed by atoms with Crippen LogP contribution in [0.2, 0.25) is 0 Å². The molecule has 0 radical (unpaired) electrons. The zero-order valence-electron chi connectivity index (χ0n) is 22.4. The number of rotatable bonds is 7. The van der Waals surface area contributed by atoms with Gasteiger partial charge in [-0.1, -0.05) is 30.3 Å². The number of ether oxygens (including phenoxy) is 1. The molecule has 1 N–H and O–H groups in total. The van der Waals surface area contributed by atoms with E-state index in [-0.39, 0.29) is 42.5 Å². The lowest BCUT2D eigenvalue weighted by Gasteiger charge is -2.42. The maximum atomic E-state index is 13.4. The quantitative estimate of drug-likeness (QED) is 0.404. The Morgan fingerprint density at radius 1 is 0.927 bits per heavy atom. The number of carboxylic acids is 1. The average molecular weight is 587 g/mol. The number of carbonyl (C=O) groups is 2. The minimum atomic E-state index is -4.96. The first kappa shape index (κ1) is 30.8. The highest BCUT2D eigenvalue weighted by molar-refractivity contribution is 5.79. The number of carboxylic acid groups (broad SMARTS) is 1. The predicted octanol–water partition coefficient (Wildman–Crippen LogP) is 5.98. The number of alkyl halides is 6. The summed E-state index contributed by atoms with van der Waals surface area (Å²) < 4.78 is 86.7. The van der Waals surface area contributed by atoms with Crippen molar-refractivity contribution >= 4 is 11.9 Å². The van der Waals surface area contributed by atoms with Crippen molar-refractivity contribution in [3.05, 3.63) is 70.8 Å². The van der Waals surface area contributed by atoms with Crippen LogP contribution in [0, 0.1) is 5.92 Å². The van der Waals surface area contributed by atoms with Gasteiger partial charge in [-0.15, -0.1) is 0 Å². The minimum Gasteiger partial charge on any atom is -0.480 e. The summed E-state index contributed by atoms with van der Waals surface area (Å²) in [6, 6.07) is 10.6. The van der Waals surface area contributed by atoms with Gasteiger partial charge in [0.05, 0.1) is 29.9 Å². The van der Waals surface area contributed by atoms with Crippen LogP contribution < -0.4 is 0 Å². The second-order valence-electron chi connectivity index (χ2n) is 10.7. The van der Waals surface area contributed by atoms with Crippen molar-refractivity contribution in [2.75, 3.05) is 32.7 Å². The SMILES string of the molecule is C[C@@H](O[C@H]1CCN(C(=O)C2CCN(CC(=O)O)CC2)C[C@H]1c1ccccc1)c1cc(C(F)(F)F)cc(C(F)(F)F)c1. The van der Waals surface area contributed by atoms with Crippen molar-refractivity contribution in [2.45, 2.75) is 56.7 Å². The monoisotopic (exact) mass is 586 g/mol. The summed E-state index contributed by atoms with van der Waals surface area (Å²) in [4.78, 5) is 27.9. The van der Waals surface area contributed by atoms with Crippen LogP contribution in [-0.4, -0.2) is 65.6 Å². The smallest absolute Gasteiger partial charge is 0.416 e. The molecule has 0 aliphatic carbocycles. The Balaban J connectivity index is 1.51. The maximum absolute atomic E-state index is 13.4. The van der Waals surface area contributed by atoms with E-state index in [2.05, 4.69) is 0 Å². The molecule has 2 aliphatic heterocycles. The Morgan fingerprint density at radius 3 is 2.05 bits per heavy atom. The van der Waals surface area contributed by atoms with Crippen LogP contribution >= 0.6 is 0 Å². The zero-order chi connectivity index (χ0) is 29.9. The number of halogens is 6. The van der Waals surface area contributed by atoms with Crippen LogP contribution in [0.3, 0.4) is 0 Å². The van der Waals surface area contributed by atoms with Crippen molar-refractivity contribution in [3.63, 3.8) is 0 Å². The largest absolute Gasteiger partial charge is 0.480 e. The molecule has 0 aromatic heterocycles. The van der Waals surface area contributed by atoms with Gasteiger partial charge in [0, 0.05) is 24.9 Å². The van der Waals surface area contributed by atoms with Crippen LogP contribution in [0.15, 0.2) is 48.5 Å². The molecule has 12 heteroatoms. The van der Waals surface area contributed by atoms with Gasteiger partial charge < -0.3 is 14.7 Å². The number of hydrogen-bond acceptors (Lipinski definition) is 4. The van der Waals surface area contributed by atoms with Crippen LogP contribution in [0.5, 0.6) is 0 Å². The van der Waals surface area contributed by atoms with Crippen LogP contribution in [-0.2, 0) is 26.7 Å². The van der Waals surface area contributed by atoms with E-state index in [0.717, 1.165) is 5.56 Å². The third-order valence-corrected chi connectivity index (χ3v) is 7.84. The summed E-state index contributed by atoms with van der Waals surface area (Å²) in [7, 11) is 0. The molecule has 224 valence electrons. The summed E-state index contributed by atoms with van der Waals surface area (Å²) >= 11 is 0. The molecule has 0 saturated carbocycles. The summed E-state index contributed by atoms with van der Waals surface area (Å²) in [6.45, 7) is 2.96. The van der Waals surface area contributed by atoms with Gasteiger partial charge >= 0.3 is 18.3 Å². The highest BCUT2D eigenvalue weighted by Gasteiger charge is 2.40. The minimum absolute atomic E-state index is 0.0416. The topological polar surface area (TPSA) is 70.1 Å². The lowest BCUT2D eigenvalue weighted by atomic mass is 9.86. The lowest BCUT2D eigenvalue weighted by molar-refractivity contribution is -0.143. The number of nitrogens with zero attached hydrogens (tertiary/aromatic N) is 2. The first-order chi connectivity index (χ1) is 19.2. The van der Waals surface area contributed by atoms with Gasteiger partial charge in [0.1, 0.15) is 0 Å². The highest BCUT2D eigenvalue weighted by Crippen LogP contribution is 2.40. The number of carbonyl (C=O) groups excluding carboxylic acids is 1. The van der Waals surface area contributed by atoms with Crippen molar-refractivity contribution in [2.24, 2.45) is 5.92 Å². The van der Waals surface area contributed by atoms with E-state index in [0.29, 0.717) is 51.0 Å². The number of aliphatic carboxylic acids is 1. The molecule has 2 aromatic carbocycles. The van der Waals surface area contributed by atoms with Crippen LogP contribution in [0.25, 0.3) is 0 Å². The molecule has 2 saturated heterocycles. The molecule has 1 amide bonds. The van der Waals surface area contributed by atoms with Gasteiger partial charge in [0.25, 0.3) is 0 Å². The highest BCUT2D eigenvalue weighted by atomic mass is 19.4. The second-order valence-corrected chi connectivity index (χ2v) is 10.7. The van der Waals surface area contributed by atoms with Crippen molar-refractivity contribution in [3.8, 4) is 0 Å². The van der Waals surface area contributed by atoms with Gasteiger partial charge in [-0.3, -0.25) is 14.5 Å². The number of piperidine rings is 2. The molecule has 2 aromatic rings. The molecule has 2 aliphatic rings. The summed E-state index contributed by atoms with van der Waals surface area (Å²) in [5, 5.41) is 9.01. The summed E-state index contributed by atoms with van der Waals surface area (Å²) in [6.07, 6.45) is -10.1. The molecule has 41 heavy (non-hydrogen) atoms. The van der Waals surface area contributed by atoms with Gasteiger partial charge in [0.2, 0.25) is 5.91 Å². The third kappa shape index (κ3) is 7.79. The molecule has 4 rings (SSSR count). The van der Waals surface area contributed by atoms with E-state index >= 15 is 0 Å². The maximum Gasteiger partial charge on any atom is 0.416 e. The fraction of sp³-hybridized carbons (Fsp3) is 0.517. The van der Waals surface area contributed by atoms with Gasteiger partial charge in [-0.05, 0) is 68.6 Å². The fourth-order valence-corrected chi connectivity index (χ4v) is 5.66. The third-order valence-electron chi connectivity index (χ3n) is 7.84. The van der Waals surface area contributed by atoms with E-state index in [9.17, 15) is 35.9 Å². The van der Waals surface area contributed by atoms with E-state index in [1.54, 1.807) is 9.80 Å². The van der Waals surface area contributed by atoms with E-state index in [1.165, 1.54) is 6.92 Å². The Morgan fingerprint density at radius 2 is 1.51 bits per heavy atom. The Hall–Kier alpha value is -3.12. The predicted molar refractivity (Wildman–Crippen MR) is 137 cm³/mol. The average Bonchev–Trinajstić information content (AvgIpc) is 2.92. The Kier molecular flexibility index (Phi) is 9.32. The molecule has 3 atom stereocenters. The van der Waals surface area contributed by atoms with Gasteiger partial charge in [-0.25, -0.2) is 0 Å². The molecular weight excluding hydrogens is 554 g/mol. The molecule has 6 nitrogen and oxygen atoms in total. The van der Waals surface area contributed by atoms with Crippen LogP contribution in [0.1, 0.15) is 60.5 Å². The van der Waals surface area contributed by atoms with Gasteiger partial charge in [-0.2, -0.15) is 26.3 Å². The van der Waals surface area contributed by atoms with Crippen molar-refractivity contribution in [1.29, 1.82) is 0 Å². The molecule has 2 heterocycles. The van der Waals surface area contributed by atoms with E-state index in [4.69, 9.17) is 9.84 Å². The molecule has 0 bridgehead atoms. The summed E-state index contributed by atoms with van der Waals surface area (Å²) in [5.74, 6) is -1.56. The van der Waals surface area contributed by atoms with Crippen molar-refractivity contribution < 1.29 is 45.8 Å². The summed E-state index contributed by atoms with van der Waals surface area (Å²) in [5.41, 5.74) is -2.18. The number of benzene rings is 2. The Labute approximate surface area is 233 Å². The first-order valence-corrected chi connectivity index (χ1v) is 13.4. The molecule has 2 fully saturated rings. The molecular formula is C29H32F6N2O4. The standard InChI is InChI=1S/C29H32F6N2O4/c1-18(21-13-22(28(30,31)32)15-23(14-21)29(33,34)35)41-25-9-12-37(16-24(25)19-5-3-2-4-6-19)27(40)20-7-10-36(11-8-20)17-26(38)39/h2-6,13-15,18,20,24-25H,7-12,16-17H2,1H3,(H,38,39)/t18-,24+,25+/m1/s1. The number of amides is 1. The number of hydrogen-bond donors (Lipinski definition) is 1. The fourth-order valence-electron chi connectivity index (χ4n) is 5.66. The lowest BCUT2D eigenvalue weighted by Crippen LogP contribution is -2.49. The molecule has 0 unspecified atom stereocenters. The molecule has 0 spiro atoms. The van der Waals surface area contributed by atoms with E-state index in [1.807, 2.05) is 30.3 Å². The zero-order valence-corrected chi connectivity index (χ0v) is 22.4. The normalized spacial score (nSPS) is 22.0. The number of likely N-dealkylation sites (tertiary alicyclic amines) is 2. The van der Waals surface area contributed by atoms with Gasteiger partial charge in [0.15, 0.2) is 0 Å². The Bertz CT molecular complexity index is 1180. The van der Waals surface area contributed by atoms with E-state index < -0.39 is 41.7 Å². The van der Waals surface area contributed by atoms with Crippen molar-refractivity contribution in [1.82, 2.24) is 9.80 Å². The first-order valence-electron chi connectivity index (χ1n) is 13.4. The second kappa shape index (κ2) is 12.4.